The molecule has 1 aliphatic carbocycles. The normalized spacial score (nSPS) is 18.0. The minimum atomic E-state index is -1.17. The molecule has 0 aromatic rings. The van der Waals surface area contributed by atoms with E-state index in [-0.39, 0.29) is 17.6 Å². The van der Waals surface area contributed by atoms with Crippen LogP contribution >= 0.6 is 11.8 Å². The van der Waals surface area contributed by atoms with Gasteiger partial charge in [-0.15, -0.1) is 0 Å². The molecule has 0 saturated heterocycles. The van der Waals surface area contributed by atoms with E-state index < -0.39 is 23.9 Å². The molecule has 0 heterocycles. The number of nitrogens with two attached hydrogens (primary N) is 1. The molecular weight excluding hydrogens is 294 g/mol. The third-order valence-corrected chi connectivity index (χ3v) is 5.22. The van der Waals surface area contributed by atoms with Gasteiger partial charge in [-0.25, -0.2) is 9.59 Å². The monoisotopic (exact) mass is 317 g/mol. The fourth-order valence-corrected chi connectivity index (χ4v) is 3.38. The van der Waals surface area contributed by atoms with Crippen molar-refractivity contribution in [3.63, 3.8) is 0 Å². The first kappa shape index (κ1) is 17.6. The molecule has 7 nitrogen and oxygen atoms in total. The molecule has 0 aromatic carbocycles. The molecule has 0 unspecified atom stereocenters. The summed E-state index contributed by atoms with van der Waals surface area (Å²) in [4.78, 5) is 33.5. The Morgan fingerprint density at radius 3 is 2.43 bits per heavy atom. The van der Waals surface area contributed by atoms with Gasteiger partial charge in [0.05, 0.1) is 0 Å². The van der Waals surface area contributed by atoms with Gasteiger partial charge in [0.1, 0.15) is 6.04 Å². The number of thioether (sulfide) groups is 1. The van der Waals surface area contributed by atoms with Crippen molar-refractivity contribution in [3.8, 4) is 0 Å². The molecule has 8 heteroatoms. The van der Waals surface area contributed by atoms with Crippen LogP contribution in [0, 0.1) is 0 Å². The number of carboxylic acid groups (broad SMARTS) is 1. The van der Waals surface area contributed by atoms with Crippen molar-refractivity contribution in [2.75, 3.05) is 12.8 Å². The molecule has 0 aliphatic heterocycles. The highest BCUT2D eigenvalue weighted by atomic mass is 32.2. The molecule has 1 saturated carbocycles. The number of amides is 3. The van der Waals surface area contributed by atoms with Gasteiger partial charge >= 0.3 is 12.0 Å². The molecule has 1 rings (SSSR count). The highest BCUT2D eigenvalue weighted by Gasteiger charge is 2.33. The third kappa shape index (κ3) is 5.82. The molecule has 3 amide bonds. The van der Waals surface area contributed by atoms with E-state index in [0.717, 1.165) is 25.7 Å². The minimum Gasteiger partial charge on any atom is -0.480 e. The molecule has 1 aliphatic rings. The molecule has 1 fully saturated rings. The minimum absolute atomic E-state index is 0.00818. The lowest BCUT2D eigenvalue weighted by Gasteiger charge is -2.27. The zero-order chi connectivity index (χ0) is 15.9. The summed E-state index contributed by atoms with van der Waals surface area (Å²) in [6.07, 6.45) is 6.35. The van der Waals surface area contributed by atoms with Crippen molar-refractivity contribution < 1.29 is 19.5 Å². The van der Waals surface area contributed by atoms with Crippen molar-refractivity contribution in [1.29, 1.82) is 0 Å². The summed E-state index contributed by atoms with van der Waals surface area (Å²) in [6.45, 7) is 0.516. The average molecular weight is 317 g/mol. The Kier molecular flexibility index (Phi) is 6.80. The Hall–Kier alpha value is -1.44. The Morgan fingerprint density at radius 1 is 1.33 bits per heavy atom. The van der Waals surface area contributed by atoms with Crippen molar-refractivity contribution in [3.05, 3.63) is 0 Å². The number of nitrogens with one attached hydrogen (secondary N) is 2. The van der Waals surface area contributed by atoms with Crippen LogP contribution in [0.1, 0.15) is 38.5 Å². The molecule has 0 radical (unpaired) electrons. The number of aliphatic carboxylic acids is 1. The predicted molar refractivity (Wildman–Crippen MR) is 81.1 cm³/mol. The summed E-state index contributed by atoms with van der Waals surface area (Å²) in [5.74, 6) is -1.76. The zero-order valence-electron chi connectivity index (χ0n) is 12.2. The van der Waals surface area contributed by atoms with Crippen LogP contribution in [0.5, 0.6) is 0 Å². The van der Waals surface area contributed by atoms with Gasteiger partial charge in [-0.1, -0.05) is 12.8 Å². The SMILES string of the molecule is CSC1(CNC(=O)N[C@H](CCC(N)=O)C(=O)O)CCCC1. The number of hydrogen-bond acceptors (Lipinski definition) is 4. The number of carbonyl (C=O) groups excluding carboxylic acids is 2. The highest BCUT2D eigenvalue weighted by Crippen LogP contribution is 2.39. The van der Waals surface area contributed by atoms with E-state index in [9.17, 15) is 14.4 Å². The lowest BCUT2D eigenvalue weighted by atomic mass is 10.1. The second-order valence-electron chi connectivity index (χ2n) is 5.32. The smallest absolute Gasteiger partial charge is 0.326 e. The summed E-state index contributed by atoms with van der Waals surface area (Å²) in [7, 11) is 0. The van der Waals surface area contributed by atoms with E-state index in [1.165, 1.54) is 0 Å². The summed E-state index contributed by atoms with van der Waals surface area (Å²) in [5.41, 5.74) is 4.99. The van der Waals surface area contributed by atoms with Crippen LogP contribution in [0.15, 0.2) is 0 Å². The predicted octanol–water partition coefficient (Wildman–Crippen LogP) is 0.680. The van der Waals surface area contributed by atoms with E-state index in [1.807, 2.05) is 6.26 Å². The molecular formula is C13H23N3O4S. The van der Waals surface area contributed by atoms with Gasteiger partial charge in [0.25, 0.3) is 0 Å². The topological polar surface area (TPSA) is 122 Å². The molecule has 21 heavy (non-hydrogen) atoms. The number of hydrogen-bond donors (Lipinski definition) is 4. The van der Waals surface area contributed by atoms with Crippen molar-refractivity contribution in [2.45, 2.75) is 49.3 Å². The van der Waals surface area contributed by atoms with E-state index in [2.05, 4.69) is 10.6 Å². The van der Waals surface area contributed by atoms with E-state index >= 15 is 0 Å². The number of primary amides is 1. The first-order chi connectivity index (χ1) is 9.88. The Labute approximate surface area is 128 Å². The molecule has 0 spiro atoms. The van der Waals surface area contributed by atoms with Gasteiger partial charge in [0.15, 0.2) is 0 Å². The second-order valence-corrected chi connectivity index (χ2v) is 6.59. The van der Waals surface area contributed by atoms with Gasteiger partial charge in [0, 0.05) is 17.7 Å². The molecule has 1 atom stereocenters. The van der Waals surface area contributed by atoms with E-state index in [0.29, 0.717) is 6.54 Å². The summed E-state index contributed by atoms with van der Waals surface area (Å²) >= 11 is 1.74. The maximum Gasteiger partial charge on any atom is 0.326 e. The Morgan fingerprint density at radius 2 is 1.95 bits per heavy atom. The van der Waals surface area contributed by atoms with Gasteiger partial charge < -0.3 is 21.5 Å². The van der Waals surface area contributed by atoms with Crippen molar-refractivity contribution in [1.82, 2.24) is 10.6 Å². The van der Waals surface area contributed by atoms with Crippen LogP contribution in [-0.2, 0) is 9.59 Å². The number of carboxylic acids is 1. The first-order valence-electron chi connectivity index (χ1n) is 6.99. The molecule has 120 valence electrons. The van der Waals surface area contributed by atoms with Crippen molar-refractivity contribution in [2.24, 2.45) is 5.73 Å². The van der Waals surface area contributed by atoms with Crippen LogP contribution in [0.2, 0.25) is 0 Å². The first-order valence-corrected chi connectivity index (χ1v) is 8.22. The zero-order valence-corrected chi connectivity index (χ0v) is 13.0. The number of carbonyl (C=O) groups is 3. The van der Waals surface area contributed by atoms with Crippen LogP contribution in [0.4, 0.5) is 4.79 Å². The number of urea groups is 1. The third-order valence-electron chi connectivity index (χ3n) is 3.80. The van der Waals surface area contributed by atoms with Gasteiger partial charge in [-0.2, -0.15) is 11.8 Å². The fraction of sp³-hybridized carbons (Fsp3) is 0.769. The quantitative estimate of drug-likeness (QED) is 0.524. The lowest BCUT2D eigenvalue weighted by molar-refractivity contribution is -0.139. The van der Waals surface area contributed by atoms with Crippen LogP contribution in [0.3, 0.4) is 0 Å². The highest BCUT2D eigenvalue weighted by molar-refractivity contribution is 8.00. The standard InChI is InChI=1S/C13H23N3O4S/c1-21-13(6-2-3-7-13)8-15-12(20)16-9(11(18)19)4-5-10(14)17/h9H,2-8H2,1H3,(H2,14,17)(H,18,19)(H2,15,16,20)/t9-/m1/s1. The molecule has 0 aromatic heterocycles. The average Bonchev–Trinajstić information content (AvgIpc) is 2.90. The van der Waals surface area contributed by atoms with Gasteiger partial charge in [0.2, 0.25) is 5.91 Å². The van der Waals surface area contributed by atoms with E-state index in [1.54, 1.807) is 11.8 Å². The molecule has 0 bridgehead atoms. The van der Waals surface area contributed by atoms with Crippen molar-refractivity contribution >= 4 is 29.7 Å². The Bertz CT molecular complexity index is 397. The maximum absolute atomic E-state index is 11.8. The van der Waals surface area contributed by atoms with Gasteiger partial charge in [-0.05, 0) is 25.5 Å². The second kappa shape index (κ2) is 8.11. The summed E-state index contributed by atoms with van der Waals surface area (Å²) < 4.78 is 0.0588. The largest absolute Gasteiger partial charge is 0.480 e. The van der Waals surface area contributed by atoms with Gasteiger partial charge in [-0.3, -0.25) is 4.79 Å². The Balaban J connectivity index is 2.42. The fourth-order valence-electron chi connectivity index (χ4n) is 2.47. The number of rotatable bonds is 8. The summed E-state index contributed by atoms with van der Waals surface area (Å²) in [5, 5.41) is 14.1. The van der Waals surface area contributed by atoms with Crippen LogP contribution < -0.4 is 16.4 Å². The lowest BCUT2D eigenvalue weighted by Crippen LogP contribution is -2.49. The van der Waals surface area contributed by atoms with Crippen LogP contribution in [0.25, 0.3) is 0 Å². The summed E-state index contributed by atoms with van der Waals surface area (Å²) in [6, 6.07) is -1.63. The molecule has 5 N–H and O–H groups in total. The van der Waals surface area contributed by atoms with E-state index in [4.69, 9.17) is 10.8 Å². The van der Waals surface area contributed by atoms with Crippen LogP contribution in [-0.4, -0.2) is 46.6 Å². The maximum atomic E-state index is 11.8.